The van der Waals surface area contributed by atoms with E-state index in [0.717, 1.165) is 0 Å². The minimum Gasteiger partial charge on any atom is -0.473 e. The van der Waals surface area contributed by atoms with Gasteiger partial charge in [0.2, 0.25) is 5.69 Å². The lowest BCUT2D eigenvalue weighted by Crippen LogP contribution is -2.27. The number of carbonyl (C=O) groups is 2. The number of esters is 2. The molecule has 0 aromatic carbocycles. The highest BCUT2D eigenvalue weighted by molar-refractivity contribution is 5.90. The molecule has 19 heavy (non-hydrogen) atoms. The first kappa shape index (κ1) is 15.0. The summed E-state index contributed by atoms with van der Waals surface area (Å²) in [6, 6.07) is 0. The fraction of sp³-hybridized carbons (Fsp3) is 0.583. The second kappa shape index (κ2) is 6.77. The third-order valence-corrected chi connectivity index (χ3v) is 2.19. The summed E-state index contributed by atoms with van der Waals surface area (Å²) in [4.78, 5) is 23.1. The molecule has 1 aromatic rings. The van der Waals surface area contributed by atoms with Gasteiger partial charge in [-0.3, -0.25) is 0 Å². The highest BCUT2D eigenvalue weighted by Crippen LogP contribution is 2.25. The maximum absolute atomic E-state index is 11.6. The minimum absolute atomic E-state index is 0.0875. The van der Waals surface area contributed by atoms with Crippen molar-refractivity contribution in [3.8, 4) is 5.75 Å². The molecule has 0 bridgehead atoms. The zero-order valence-electron chi connectivity index (χ0n) is 11.4. The second-order valence-corrected chi connectivity index (χ2v) is 3.65. The molecule has 0 saturated heterocycles. The summed E-state index contributed by atoms with van der Waals surface area (Å²) in [6.07, 6.45) is -0.869. The molecule has 0 amide bonds. The summed E-state index contributed by atoms with van der Waals surface area (Å²) < 4.78 is 19.9. The predicted octanol–water partition coefficient (Wildman–Crippen LogP) is 1.49. The summed E-state index contributed by atoms with van der Waals surface area (Å²) in [5, 5.41) is 3.57. The van der Waals surface area contributed by atoms with Crippen molar-refractivity contribution in [1.82, 2.24) is 5.16 Å². The second-order valence-electron chi connectivity index (χ2n) is 3.65. The Morgan fingerprint density at radius 3 is 2.47 bits per heavy atom. The first-order valence-electron chi connectivity index (χ1n) is 5.97. The smallest absolute Gasteiger partial charge is 0.364 e. The van der Waals surface area contributed by atoms with E-state index in [2.05, 4.69) is 5.16 Å². The highest BCUT2D eigenvalue weighted by Gasteiger charge is 2.26. The lowest BCUT2D eigenvalue weighted by molar-refractivity contribution is -0.150. The van der Waals surface area contributed by atoms with Gasteiger partial charge in [-0.25, -0.2) is 9.59 Å². The molecule has 0 aliphatic heterocycles. The van der Waals surface area contributed by atoms with Crippen LogP contribution in [0.15, 0.2) is 4.52 Å². The Bertz CT molecular complexity index is 453. The van der Waals surface area contributed by atoms with Crippen molar-refractivity contribution in [1.29, 1.82) is 0 Å². The van der Waals surface area contributed by atoms with Crippen LogP contribution in [-0.2, 0) is 14.3 Å². The van der Waals surface area contributed by atoms with Gasteiger partial charge in [-0.2, -0.15) is 0 Å². The minimum atomic E-state index is -0.869. The van der Waals surface area contributed by atoms with Crippen LogP contribution in [0.3, 0.4) is 0 Å². The Hall–Kier alpha value is -2.05. The van der Waals surface area contributed by atoms with Crippen LogP contribution in [0.5, 0.6) is 5.75 Å². The van der Waals surface area contributed by atoms with Crippen LogP contribution < -0.4 is 4.74 Å². The van der Waals surface area contributed by atoms with E-state index in [9.17, 15) is 9.59 Å². The average Bonchev–Trinajstić information content (AvgIpc) is 2.72. The Labute approximate surface area is 110 Å². The van der Waals surface area contributed by atoms with Crippen LogP contribution >= 0.6 is 0 Å². The average molecular weight is 271 g/mol. The van der Waals surface area contributed by atoms with Gasteiger partial charge >= 0.3 is 11.9 Å². The molecule has 0 radical (unpaired) electrons. The molecule has 0 aliphatic rings. The summed E-state index contributed by atoms with van der Waals surface area (Å²) >= 11 is 0. The Morgan fingerprint density at radius 2 is 1.89 bits per heavy atom. The normalized spacial score (nSPS) is 11.8. The fourth-order valence-electron chi connectivity index (χ4n) is 1.32. The first-order valence-corrected chi connectivity index (χ1v) is 5.97. The molecule has 0 spiro atoms. The quantitative estimate of drug-likeness (QED) is 0.724. The van der Waals surface area contributed by atoms with Crippen LogP contribution in [0.1, 0.15) is 37.0 Å². The Balaban J connectivity index is 2.85. The number of aryl methyl sites for hydroxylation is 1. The van der Waals surface area contributed by atoms with E-state index in [4.69, 9.17) is 18.7 Å². The SMILES string of the molecule is CCOC(=O)c1noc(C)c1OC(C)C(=O)OCC. The van der Waals surface area contributed by atoms with Crippen molar-refractivity contribution in [2.24, 2.45) is 0 Å². The largest absolute Gasteiger partial charge is 0.473 e. The number of hydrogen-bond acceptors (Lipinski definition) is 7. The molecule has 106 valence electrons. The van der Waals surface area contributed by atoms with Crippen molar-refractivity contribution in [2.45, 2.75) is 33.8 Å². The molecule has 7 heteroatoms. The van der Waals surface area contributed by atoms with Gasteiger partial charge in [0.15, 0.2) is 17.6 Å². The number of hydrogen-bond donors (Lipinski definition) is 0. The van der Waals surface area contributed by atoms with Crippen LogP contribution in [-0.4, -0.2) is 36.4 Å². The van der Waals surface area contributed by atoms with Gasteiger partial charge in [0, 0.05) is 6.92 Å². The van der Waals surface area contributed by atoms with Crippen molar-refractivity contribution < 1.29 is 28.3 Å². The number of rotatable bonds is 6. The molecule has 1 unspecified atom stereocenters. The van der Waals surface area contributed by atoms with Crippen LogP contribution in [0.4, 0.5) is 0 Å². The Kier molecular flexibility index (Phi) is 5.35. The van der Waals surface area contributed by atoms with Crippen LogP contribution in [0, 0.1) is 6.92 Å². The van der Waals surface area contributed by atoms with Gasteiger partial charge in [-0.1, -0.05) is 5.16 Å². The fourth-order valence-corrected chi connectivity index (χ4v) is 1.32. The molecule has 0 N–H and O–H groups in total. The van der Waals surface area contributed by atoms with Crippen molar-refractivity contribution in [2.75, 3.05) is 13.2 Å². The zero-order chi connectivity index (χ0) is 14.4. The maximum atomic E-state index is 11.6. The van der Waals surface area contributed by atoms with Crippen molar-refractivity contribution in [3.63, 3.8) is 0 Å². The Morgan fingerprint density at radius 1 is 1.26 bits per heavy atom. The van der Waals surface area contributed by atoms with E-state index in [-0.39, 0.29) is 24.7 Å². The van der Waals surface area contributed by atoms with Gasteiger partial charge in [0.05, 0.1) is 13.2 Å². The third kappa shape index (κ3) is 3.70. The van der Waals surface area contributed by atoms with Gasteiger partial charge in [-0.05, 0) is 20.8 Å². The molecular weight excluding hydrogens is 254 g/mol. The lowest BCUT2D eigenvalue weighted by Gasteiger charge is -2.12. The molecule has 1 heterocycles. The zero-order valence-corrected chi connectivity index (χ0v) is 11.4. The summed E-state index contributed by atoms with van der Waals surface area (Å²) in [6.45, 7) is 6.91. The third-order valence-electron chi connectivity index (χ3n) is 2.19. The van der Waals surface area contributed by atoms with E-state index in [1.54, 1.807) is 20.8 Å². The van der Waals surface area contributed by atoms with Crippen LogP contribution in [0.2, 0.25) is 0 Å². The van der Waals surface area contributed by atoms with E-state index in [1.165, 1.54) is 6.92 Å². The summed E-state index contributed by atoms with van der Waals surface area (Å²) in [5.74, 6) is -0.804. The maximum Gasteiger partial charge on any atom is 0.364 e. The summed E-state index contributed by atoms with van der Waals surface area (Å²) in [5.41, 5.74) is -0.0875. The first-order chi connectivity index (χ1) is 9.01. The lowest BCUT2D eigenvalue weighted by atomic mass is 10.3. The number of aromatic nitrogens is 1. The molecular formula is C12H17NO6. The summed E-state index contributed by atoms with van der Waals surface area (Å²) in [7, 11) is 0. The van der Waals surface area contributed by atoms with Crippen LogP contribution in [0.25, 0.3) is 0 Å². The van der Waals surface area contributed by atoms with Gasteiger partial charge in [0.1, 0.15) is 0 Å². The van der Waals surface area contributed by atoms with E-state index < -0.39 is 18.0 Å². The standard InChI is InChI=1S/C12H17NO6/c1-5-16-11(14)8(4)18-10-7(3)19-13-9(10)12(15)17-6-2/h8H,5-6H2,1-4H3. The highest BCUT2D eigenvalue weighted by atomic mass is 16.6. The number of nitrogens with zero attached hydrogens (tertiary/aromatic N) is 1. The predicted molar refractivity (Wildman–Crippen MR) is 63.9 cm³/mol. The molecule has 7 nitrogen and oxygen atoms in total. The van der Waals surface area contributed by atoms with Crippen molar-refractivity contribution in [3.05, 3.63) is 11.5 Å². The van der Waals surface area contributed by atoms with E-state index >= 15 is 0 Å². The van der Waals surface area contributed by atoms with E-state index in [1.807, 2.05) is 0 Å². The molecule has 0 fully saturated rings. The van der Waals surface area contributed by atoms with Crippen molar-refractivity contribution >= 4 is 11.9 Å². The van der Waals surface area contributed by atoms with E-state index in [0.29, 0.717) is 5.76 Å². The molecule has 1 atom stereocenters. The monoisotopic (exact) mass is 271 g/mol. The number of carbonyl (C=O) groups excluding carboxylic acids is 2. The molecule has 0 saturated carbocycles. The van der Waals surface area contributed by atoms with Gasteiger partial charge in [-0.15, -0.1) is 0 Å². The van der Waals surface area contributed by atoms with Gasteiger partial charge in [0.25, 0.3) is 0 Å². The molecule has 1 rings (SSSR count). The number of ether oxygens (including phenoxy) is 3. The topological polar surface area (TPSA) is 87.9 Å². The molecule has 0 aliphatic carbocycles. The molecule has 1 aromatic heterocycles. The van der Waals surface area contributed by atoms with Gasteiger partial charge < -0.3 is 18.7 Å².